The van der Waals surface area contributed by atoms with Gasteiger partial charge in [0.1, 0.15) is 11.5 Å². The van der Waals surface area contributed by atoms with E-state index in [-0.39, 0.29) is 57.3 Å². The highest BCUT2D eigenvalue weighted by Crippen LogP contribution is 2.39. The summed E-state index contributed by atoms with van der Waals surface area (Å²) in [6, 6.07) is 1.28. The van der Waals surface area contributed by atoms with Gasteiger partial charge in [-0.25, -0.2) is 18.7 Å². The van der Waals surface area contributed by atoms with Crippen molar-refractivity contribution < 1.29 is 23.5 Å². The first-order valence-electron chi connectivity index (χ1n) is 11.7. The Morgan fingerprint density at radius 3 is 2.51 bits per heavy atom. The first kappa shape index (κ1) is 25.4. The monoisotopic (exact) mass is 507 g/mol. The molecule has 11 heteroatoms. The molecular weight excluding hydrogens is 476 g/mol. The molecule has 0 radical (unpaired) electrons. The molecule has 2 aliphatic rings. The molecule has 0 saturated carbocycles. The van der Waals surface area contributed by atoms with Gasteiger partial charge in [0.15, 0.2) is 5.01 Å². The van der Waals surface area contributed by atoms with Crippen molar-refractivity contribution in [2.24, 2.45) is 0 Å². The second-order valence-corrected chi connectivity index (χ2v) is 11.7. The number of nitrogens with one attached hydrogen (secondary N) is 1. The number of hydrogen-bond donors (Lipinski definition) is 2. The minimum Gasteiger partial charge on any atom is -0.386 e. The number of alkyl halides is 2. The lowest BCUT2D eigenvalue weighted by molar-refractivity contribution is -0.0668. The second-order valence-electron chi connectivity index (χ2n) is 10.7. The van der Waals surface area contributed by atoms with E-state index in [0.717, 1.165) is 24.2 Å². The van der Waals surface area contributed by atoms with Gasteiger partial charge in [-0.2, -0.15) is 0 Å². The zero-order valence-electron chi connectivity index (χ0n) is 20.6. The van der Waals surface area contributed by atoms with E-state index in [2.05, 4.69) is 15.3 Å². The average Bonchev–Trinajstić information content (AvgIpc) is 3.36. The highest BCUT2D eigenvalue weighted by molar-refractivity contribution is 7.17. The van der Waals surface area contributed by atoms with Crippen LogP contribution < -0.4 is 5.32 Å². The van der Waals surface area contributed by atoms with Gasteiger partial charge < -0.3 is 20.2 Å². The lowest BCUT2D eigenvalue weighted by Crippen LogP contribution is -2.61. The lowest BCUT2D eigenvalue weighted by atomic mass is 9.97. The number of carbonyl (C=O) groups excluding carboxylic acids is 2. The molecule has 35 heavy (non-hydrogen) atoms. The van der Waals surface area contributed by atoms with Crippen LogP contribution in [0.5, 0.6) is 0 Å². The maximum atomic E-state index is 14.2. The molecule has 2 amide bonds. The number of aliphatic hydroxyl groups is 1. The Balaban J connectivity index is 1.78. The molecule has 2 fully saturated rings. The van der Waals surface area contributed by atoms with Gasteiger partial charge in [-0.1, -0.05) is 0 Å². The number of nitrogens with zero attached hydrogens (tertiary/aromatic N) is 4. The highest BCUT2D eigenvalue weighted by Gasteiger charge is 2.41. The van der Waals surface area contributed by atoms with E-state index in [1.165, 1.54) is 17.2 Å². The van der Waals surface area contributed by atoms with E-state index in [9.17, 15) is 23.5 Å². The van der Waals surface area contributed by atoms with E-state index in [1.807, 2.05) is 27.7 Å². The van der Waals surface area contributed by atoms with Gasteiger partial charge in [-0.05, 0) is 53.5 Å². The quantitative estimate of drug-likeness (QED) is 0.630. The number of anilines is 1. The van der Waals surface area contributed by atoms with Crippen molar-refractivity contribution in [3.05, 3.63) is 28.5 Å². The molecule has 0 aromatic carbocycles. The van der Waals surface area contributed by atoms with Crippen molar-refractivity contribution in [1.29, 1.82) is 0 Å². The molecule has 2 aliphatic heterocycles. The molecule has 0 aliphatic carbocycles. The van der Waals surface area contributed by atoms with Crippen LogP contribution in [0.1, 0.15) is 79.7 Å². The smallest absolute Gasteiger partial charge is 0.283 e. The normalized spacial score (nSPS) is 19.7. The molecule has 190 valence electrons. The summed E-state index contributed by atoms with van der Waals surface area (Å²) >= 11 is 0.912. The fraction of sp³-hybridized carbons (Fsp3) is 0.583. The number of halogens is 2. The number of carbonyl (C=O) groups is 2. The van der Waals surface area contributed by atoms with Gasteiger partial charge in [0.05, 0.1) is 23.6 Å². The van der Waals surface area contributed by atoms with Crippen LogP contribution >= 0.6 is 11.3 Å². The number of amides is 2. The maximum Gasteiger partial charge on any atom is 0.283 e. The van der Waals surface area contributed by atoms with Gasteiger partial charge in [-0.3, -0.25) is 9.59 Å². The first-order chi connectivity index (χ1) is 16.3. The third-order valence-electron chi connectivity index (χ3n) is 6.10. The molecule has 2 saturated heterocycles. The number of β-amino-alcohol motifs (C(OH)–C–C–N with tert-alkyl or cyclic N) is 1. The zero-order valence-corrected chi connectivity index (χ0v) is 21.4. The molecule has 2 aromatic heterocycles. The minimum absolute atomic E-state index is 0.00673. The highest BCUT2D eigenvalue weighted by atomic mass is 32.1. The summed E-state index contributed by atoms with van der Waals surface area (Å²) in [4.78, 5) is 38.5. The Kier molecular flexibility index (Phi) is 6.60. The summed E-state index contributed by atoms with van der Waals surface area (Å²) in [6.45, 7) is 10.1. The van der Waals surface area contributed by atoms with Crippen LogP contribution in [0, 0.1) is 0 Å². The molecule has 1 atom stereocenters. The summed E-state index contributed by atoms with van der Waals surface area (Å²) in [6.07, 6.45) is 0.180. The SMILES string of the molecule is CC1CCCN1C(=O)c1nc(C(=O)N2CC(C)(O)C2)sc1-c1cnc(NC(C)(C)C)cc1C(F)F. The van der Waals surface area contributed by atoms with Crippen LogP contribution in [0.15, 0.2) is 12.3 Å². The Labute approximate surface area is 207 Å². The molecule has 0 spiro atoms. The van der Waals surface area contributed by atoms with Gasteiger partial charge >= 0.3 is 0 Å². The summed E-state index contributed by atoms with van der Waals surface area (Å²) in [5.41, 5.74) is -1.57. The number of likely N-dealkylation sites (tertiary alicyclic amines) is 2. The minimum atomic E-state index is -2.83. The average molecular weight is 508 g/mol. The number of aromatic nitrogens is 2. The van der Waals surface area contributed by atoms with E-state index in [0.29, 0.717) is 12.4 Å². The van der Waals surface area contributed by atoms with Crippen molar-refractivity contribution in [1.82, 2.24) is 19.8 Å². The number of hydrogen-bond acceptors (Lipinski definition) is 7. The lowest BCUT2D eigenvalue weighted by Gasteiger charge is -2.43. The van der Waals surface area contributed by atoms with Crippen LogP contribution in [-0.2, 0) is 0 Å². The Morgan fingerprint density at radius 1 is 1.29 bits per heavy atom. The third-order valence-corrected chi connectivity index (χ3v) is 7.17. The van der Waals surface area contributed by atoms with E-state index in [4.69, 9.17) is 0 Å². The van der Waals surface area contributed by atoms with E-state index in [1.54, 1.807) is 11.8 Å². The Bertz CT molecular complexity index is 1140. The summed E-state index contributed by atoms with van der Waals surface area (Å²) < 4.78 is 28.4. The number of thiazole rings is 1. The van der Waals surface area contributed by atoms with Gasteiger partial charge in [0, 0.05) is 35.4 Å². The summed E-state index contributed by atoms with van der Waals surface area (Å²) in [7, 11) is 0. The molecule has 2 aromatic rings. The predicted octanol–water partition coefficient (Wildman–Crippen LogP) is 4.18. The van der Waals surface area contributed by atoms with Gasteiger partial charge in [0.2, 0.25) is 0 Å². The standard InChI is InChI=1S/C24H31F2N5O3S/c1-13-7-6-8-31(13)21(32)17-18(35-20(28-17)22(33)30-11-24(5,34)12-30)15-10-27-16(29-23(2,3)4)9-14(15)19(25)26/h9-10,13,19,34H,6-8,11-12H2,1-5H3,(H,27,29). The van der Waals surface area contributed by atoms with E-state index < -0.39 is 17.9 Å². The zero-order chi connectivity index (χ0) is 25.7. The molecule has 4 rings (SSSR count). The third kappa shape index (κ3) is 5.30. The van der Waals surface area contributed by atoms with E-state index >= 15 is 0 Å². The Morgan fingerprint density at radius 2 is 1.97 bits per heavy atom. The van der Waals surface area contributed by atoms with Crippen molar-refractivity contribution in [3.8, 4) is 10.4 Å². The molecule has 2 N–H and O–H groups in total. The molecular formula is C24H31F2N5O3S. The largest absolute Gasteiger partial charge is 0.386 e. The summed E-state index contributed by atoms with van der Waals surface area (Å²) in [5.74, 6) is -0.525. The topological polar surface area (TPSA) is 98.7 Å². The summed E-state index contributed by atoms with van der Waals surface area (Å²) in [5, 5.41) is 13.1. The number of rotatable bonds is 5. The molecule has 1 unspecified atom stereocenters. The fourth-order valence-electron chi connectivity index (χ4n) is 4.46. The van der Waals surface area contributed by atoms with Crippen molar-refractivity contribution in [2.45, 2.75) is 71.1 Å². The second kappa shape index (κ2) is 9.09. The van der Waals surface area contributed by atoms with Crippen molar-refractivity contribution in [2.75, 3.05) is 25.0 Å². The van der Waals surface area contributed by atoms with Crippen molar-refractivity contribution in [3.63, 3.8) is 0 Å². The predicted molar refractivity (Wildman–Crippen MR) is 130 cm³/mol. The van der Waals surface area contributed by atoms with Crippen LogP contribution in [0.25, 0.3) is 10.4 Å². The fourth-order valence-corrected chi connectivity index (χ4v) is 5.52. The number of pyridine rings is 1. The van der Waals surface area contributed by atoms with Crippen LogP contribution in [-0.4, -0.2) is 73.5 Å². The van der Waals surface area contributed by atoms with Gasteiger partial charge in [0.25, 0.3) is 18.2 Å². The Hall–Kier alpha value is -2.66. The molecule has 0 bridgehead atoms. The maximum absolute atomic E-state index is 14.2. The van der Waals surface area contributed by atoms with Crippen molar-refractivity contribution >= 4 is 29.0 Å². The van der Waals surface area contributed by atoms with Gasteiger partial charge in [-0.15, -0.1) is 11.3 Å². The molecule has 4 heterocycles. The van der Waals surface area contributed by atoms with Crippen LogP contribution in [0.4, 0.5) is 14.6 Å². The molecule has 8 nitrogen and oxygen atoms in total. The van der Waals surface area contributed by atoms with Crippen LogP contribution in [0.2, 0.25) is 0 Å². The van der Waals surface area contributed by atoms with Crippen LogP contribution in [0.3, 0.4) is 0 Å². The first-order valence-corrected chi connectivity index (χ1v) is 12.5.